The maximum atomic E-state index is 12.8. The minimum Gasteiger partial charge on any atom is -0.377 e. The van der Waals surface area contributed by atoms with E-state index in [1.165, 1.54) is 5.56 Å². The number of rotatable bonds is 6. The van der Waals surface area contributed by atoms with E-state index >= 15 is 0 Å². The fourth-order valence-electron chi connectivity index (χ4n) is 4.44. The number of benzene rings is 2. The van der Waals surface area contributed by atoms with Crippen LogP contribution in [0.3, 0.4) is 0 Å². The maximum absolute atomic E-state index is 12.8. The first-order valence-electron chi connectivity index (χ1n) is 11.8. The van der Waals surface area contributed by atoms with Crippen LogP contribution in [0.5, 0.6) is 0 Å². The van der Waals surface area contributed by atoms with E-state index in [-0.39, 0.29) is 11.9 Å². The molecule has 6 rings (SSSR count). The van der Waals surface area contributed by atoms with Crippen molar-refractivity contribution in [2.24, 2.45) is 0 Å². The summed E-state index contributed by atoms with van der Waals surface area (Å²) in [6.45, 7) is 3.06. The predicted molar refractivity (Wildman–Crippen MR) is 134 cm³/mol. The predicted octanol–water partition coefficient (Wildman–Crippen LogP) is 3.03. The Morgan fingerprint density at radius 2 is 1.86 bits per heavy atom. The van der Waals surface area contributed by atoms with Gasteiger partial charge in [-0.15, -0.1) is 0 Å². The first-order valence-corrected chi connectivity index (χ1v) is 11.8. The first-order chi connectivity index (χ1) is 17.1. The van der Waals surface area contributed by atoms with Gasteiger partial charge in [-0.3, -0.25) is 15.6 Å². The normalized spacial score (nSPS) is 16.4. The molecule has 9 nitrogen and oxygen atoms in total. The second kappa shape index (κ2) is 9.10. The summed E-state index contributed by atoms with van der Waals surface area (Å²) in [5, 5.41) is 4.34. The Kier molecular flexibility index (Phi) is 5.65. The van der Waals surface area contributed by atoms with Crippen molar-refractivity contribution in [2.75, 3.05) is 38.7 Å². The lowest BCUT2D eigenvalue weighted by Gasteiger charge is -2.34. The Morgan fingerprint density at radius 3 is 2.60 bits per heavy atom. The molecule has 0 spiro atoms. The van der Waals surface area contributed by atoms with Gasteiger partial charge in [-0.25, -0.2) is 9.97 Å². The Hall–Kier alpha value is -3.79. The third-order valence-corrected chi connectivity index (χ3v) is 6.73. The van der Waals surface area contributed by atoms with Crippen molar-refractivity contribution in [1.82, 2.24) is 30.7 Å². The number of hydrazine groups is 1. The number of H-pyrrole nitrogens is 1. The molecule has 1 amide bonds. The van der Waals surface area contributed by atoms with Crippen LogP contribution < -0.4 is 16.2 Å². The molecule has 2 aromatic carbocycles. The first kappa shape index (κ1) is 21.7. The zero-order valence-electron chi connectivity index (χ0n) is 19.4. The number of amides is 1. The molecule has 4 N–H and O–H groups in total. The number of fused-ring (bicyclic) bond motifs is 1. The number of anilines is 2. The zero-order valence-corrected chi connectivity index (χ0v) is 19.4. The molecule has 0 unspecified atom stereocenters. The van der Waals surface area contributed by atoms with E-state index in [4.69, 9.17) is 9.72 Å². The van der Waals surface area contributed by atoms with Crippen LogP contribution in [0.1, 0.15) is 22.0 Å². The van der Waals surface area contributed by atoms with E-state index in [0.29, 0.717) is 30.7 Å². The van der Waals surface area contributed by atoms with Gasteiger partial charge < -0.3 is 19.9 Å². The van der Waals surface area contributed by atoms with Crippen molar-refractivity contribution in [3.63, 3.8) is 0 Å². The van der Waals surface area contributed by atoms with Gasteiger partial charge in [0, 0.05) is 54.4 Å². The second-order valence-electron chi connectivity index (χ2n) is 9.06. The quantitative estimate of drug-likeness (QED) is 0.344. The fourth-order valence-corrected chi connectivity index (χ4v) is 4.44. The van der Waals surface area contributed by atoms with Gasteiger partial charge in [-0.05, 0) is 35.9 Å². The van der Waals surface area contributed by atoms with Gasteiger partial charge >= 0.3 is 0 Å². The fraction of sp³-hybridized carbons (Fsp3) is 0.269. The third-order valence-electron chi connectivity index (χ3n) is 6.73. The Morgan fingerprint density at radius 1 is 1.06 bits per heavy atom. The lowest BCUT2D eigenvalue weighted by atomic mass is 10.0. The highest BCUT2D eigenvalue weighted by Gasteiger charge is 2.28. The molecule has 2 fully saturated rings. The molecule has 2 aliphatic rings. The molecule has 0 radical (unpaired) electrons. The van der Waals surface area contributed by atoms with Crippen LogP contribution in [-0.2, 0) is 4.74 Å². The summed E-state index contributed by atoms with van der Waals surface area (Å²) in [6.07, 6.45) is 1.75. The molecular weight excluding hydrogens is 442 g/mol. The molecule has 2 aliphatic heterocycles. The van der Waals surface area contributed by atoms with Gasteiger partial charge in [0.2, 0.25) is 0 Å². The smallest absolute Gasteiger partial charge is 0.270 e. The van der Waals surface area contributed by atoms with E-state index in [2.05, 4.69) is 50.4 Å². The van der Waals surface area contributed by atoms with Gasteiger partial charge in [-0.1, -0.05) is 24.3 Å². The number of aromatic amines is 1. The monoisotopic (exact) mass is 469 g/mol. The van der Waals surface area contributed by atoms with Crippen molar-refractivity contribution in [3.05, 3.63) is 72.1 Å². The number of hydrogen-bond donors (Lipinski definition) is 4. The topological polar surface area (TPSA) is 107 Å². The number of nitrogens with zero attached hydrogens (tertiary/aromatic N) is 3. The van der Waals surface area contributed by atoms with Crippen molar-refractivity contribution in [1.29, 1.82) is 0 Å². The second-order valence-corrected chi connectivity index (χ2v) is 9.06. The minimum absolute atomic E-state index is 0.0371. The van der Waals surface area contributed by atoms with Crippen LogP contribution >= 0.6 is 0 Å². The number of hydrogen-bond acceptors (Lipinski definition) is 7. The molecule has 9 heteroatoms. The number of carbonyl (C=O) groups is 1. The molecule has 35 heavy (non-hydrogen) atoms. The number of carbonyl (C=O) groups excluding carboxylic acids is 1. The molecule has 178 valence electrons. The van der Waals surface area contributed by atoms with Gasteiger partial charge in [0.25, 0.3) is 5.91 Å². The van der Waals surface area contributed by atoms with Crippen LogP contribution in [0.4, 0.5) is 11.5 Å². The molecule has 0 aliphatic carbocycles. The van der Waals surface area contributed by atoms with E-state index in [0.717, 1.165) is 41.1 Å². The largest absolute Gasteiger partial charge is 0.377 e. The van der Waals surface area contributed by atoms with Crippen LogP contribution in [0.2, 0.25) is 0 Å². The highest BCUT2D eigenvalue weighted by atomic mass is 16.5. The van der Waals surface area contributed by atoms with E-state index in [9.17, 15) is 4.79 Å². The highest BCUT2D eigenvalue weighted by Crippen LogP contribution is 2.26. The number of aromatic nitrogens is 3. The summed E-state index contributed by atoms with van der Waals surface area (Å²) < 4.78 is 5.21. The molecule has 0 atom stereocenters. The van der Waals surface area contributed by atoms with Crippen molar-refractivity contribution in [2.45, 2.75) is 12.0 Å². The minimum atomic E-state index is -0.0371. The molecular formula is C26H27N7O2. The highest BCUT2D eigenvalue weighted by molar-refractivity contribution is 5.98. The molecule has 4 heterocycles. The molecule has 2 saturated heterocycles. The third kappa shape index (κ3) is 4.37. The zero-order chi connectivity index (χ0) is 23.8. The molecule has 0 bridgehead atoms. The van der Waals surface area contributed by atoms with Crippen LogP contribution in [-0.4, -0.2) is 65.2 Å². The maximum Gasteiger partial charge on any atom is 0.270 e. The van der Waals surface area contributed by atoms with Gasteiger partial charge in [0.05, 0.1) is 19.3 Å². The average Bonchev–Trinajstić information content (AvgIpc) is 3.53. The summed E-state index contributed by atoms with van der Waals surface area (Å²) in [5.41, 5.74) is 10.9. The standard InChI is InChI=1S/C26H27N7O2/c1-33(21-14-35-15-21)26(34)23-10-17-2-3-18(11-22(17)31-23)25-27-9-8-24(32-25)30-20-6-4-16(5-7-20)19-12-28-29-13-19/h2-11,19,21,28-29,31H,12-15H2,1H3,(H,27,30,32). The van der Waals surface area contributed by atoms with E-state index in [1.54, 1.807) is 11.1 Å². The SMILES string of the molecule is CN(C(=O)c1cc2ccc(-c3nccc(Nc4ccc(C5CNNC5)cc4)n3)cc2[nH]1)C1COC1. The summed E-state index contributed by atoms with van der Waals surface area (Å²) >= 11 is 0. The molecule has 2 aromatic heterocycles. The average molecular weight is 470 g/mol. The molecule has 4 aromatic rings. The van der Waals surface area contributed by atoms with Crippen LogP contribution in [0.15, 0.2) is 60.8 Å². The summed E-state index contributed by atoms with van der Waals surface area (Å²) in [6, 6.07) is 18.3. The van der Waals surface area contributed by atoms with E-state index in [1.807, 2.05) is 37.4 Å². The summed E-state index contributed by atoms with van der Waals surface area (Å²) in [7, 11) is 1.81. The van der Waals surface area contributed by atoms with Gasteiger partial charge in [0.1, 0.15) is 11.5 Å². The van der Waals surface area contributed by atoms with Gasteiger partial charge in [0.15, 0.2) is 5.82 Å². The lowest BCUT2D eigenvalue weighted by Crippen LogP contribution is -2.49. The van der Waals surface area contributed by atoms with Gasteiger partial charge in [-0.2, -0.15) is 0 Å². The number of ether oxygens (including phenoxy) is 1. The lowest BCUT2D eigenvalue weighted by molar-refractivity contribution is -0.0469. The van der Waals surface area contributed by atoms with Crippen molar-refractivity contribution >= 4 is 28.3 Å². The Balaban J connectivity index is 1.20. The molecule has 0 saturated carbocycles. The van der Waals surface area contributed by atoms with E-state index < -0.39 is 0 Å². The Labute approximate surface area is 202 Å². The van der Waals surface area contributed by atoms with Crippen LogP contribution in [0.25, 0.3) is 22.3 Å². The summed E-state index contributed by atoms with van der Waals surface area (Å²) in [4.78, 5) is 27.0. The van der Waals surface area contributed by atoms with Crippen LogP contribution in [0, 0.1) is 0 Å². The number of likely N-dealkylation sites (N-methyl/N-ethyl adjacent to an activating group) is 1. The van der Waals surface area contributed by atoms with Crippen molar-refractivity contribution in [3.8, 4) is 11.4 Å². The van der Waals surface area contributed by atoms with Crippen molar-refractivity contribution < 1.29 is 9.53 Å². The summed E-state index contributed by atoms with van der Waals surface area (Å²) in [5.74, 6) is 1.78. The number of nitrogens with one attached hydrogen (secondary N) is 4. The Bertz CT molecular complexity index is 1360.